The Morgan fingerprint density at radius 1 is 1.15 bits per heavy atom. The molecule has 1 saturated heterocycles. The number of nitrogens with one attached hydrogen (secondary N) is 1. The van der Waals surface area contributed by atoms with E-state index in [0.717, 1.165) is 33.6 Å². The van der Waals surface area contributed by atoms with E-state index in [9.17, 15) is 9.90 Å². The van der Waals surface area contributed by atoms with Crippen LogP contribution < -0.4 is 19.9 Å². The van der Waals surface area contributed by atoms with E-state index < -0.39 is 5.60 Å². The standard InChI is InChI=1S/C32H38BrN5O3/c1-5-7-17-38(22-24-8-11-26(41-4)12-9-24)31-34-23(3)20-29(36-31)35-30(39)27-13-10-25(33)21-28(27)37-18-15-32(40,14-6-2)16-19-37/h5-6,8-13,20-21,40H,1-2,7,14-19,22H2,3-4H3,(H,34,35,36,39). The highest BCUT2D eigenvalue weighted by Crippen LogP contribution is 2.33. The number of piperidine rings is 1. The summed E-state index contributed by atoms with van der Waals surface area (Å²) < 4.78 is 6.17. The second-order valence-corrected chi connectivity index (χ2v) is 11.3. The van der Waals surface area contributed by atoms with Crippen LogP contribution in [-0.4, -0.2) is 53.3 Å². The van der Waals surface area contributed by atoms with E-state index in [2.05, 4.69) is 49.2 Å². The third kappa shape index (κ3) is 7.95. The first kappa shape index (κ1) is 30.3. The summed E-state index contributed by atoms with van der Waals surface area (Å²) >= 11 is 3.56. The van der Waals surface area contributed by atoms with Crippen molar-refractivity contribution in [3.8, 4) is 5.75 Å². The number of hydrogen-bond donors (Lipinski definition) is 2. The molecular formula is C32H38BrN5O3. The molecule has 9 heteroatoms. The first-order valence-corrected chi connectivity index (χ1v) is 14.6. The lowest BCUT2D eigenvalue weighted by Crippen LogP contribution is -2.44. The van der Waals surface area contributed by atoms with Crippen molar-refractivity contribution in [3.63, 3.8) is 0 Å². The number of ether oxygens (including phenoxy) is 1. The molecule has 1 amide bonds. The third-order valence-electron chi connectivity index (χ3n) is 7.27. The Kier molecular flexibility index (Phi) is 10.2. The number of hydrogen-bond acceptors (Lipinski definition) is 7. The third-order valence-corrected chi connectivity index (χ3v) is 7.76. The van der Waals surface area contributed by atoms with Crippen LogP contribution in [0.1, 0.15) is 47.3 Å². The smallest absolute Gasteiger partial charge is 0.258 e. The molecule has 2 heterocycles. The normalized spacial score (nSPS) is 14.3. The van der Waals surface area contributed by atoms with Gasteiger partial charge in [0.05, 0.1) is 24.0 Å². The van der Waals surface area contributed by atoms with Crippen LogP contribution in [-0.2, 0) is 6.54 Å². The van der Waals surface area contributed by atoms with Crippen molar-refractivity contribution < 1.29 is 14.6 Å². The zero-order valence-electron chi connectivity index (χ0n) is 23.8. The van der Waals surface area contributed by atoms with Gasteiger partial charge in [0.1, 0.15) is 11.6 Å². The molecule has 216 valence electrons. The van der Waals surface area contributed by atoms with Gasteiger partial charge in [-0.25, -0.2) is 4.98 Å². The van der Waals surface area contributed by atoms with Crippen LogP contribution in [0.5, 0.6) is 5.75 Å². The molecular weight excluding hydrogens is 582 g/mol. The average molecular weight is 621 g/mol. The van der Waals surface area contributed by atoms with Crippen LogP contribution in [0.4, 0.5) is 17.5 Å². The summed E-state index contributed by atoms with van der Waals surface area (Å²) in [5.74, 6) is 1.51. The zero-order chi connectivity index (χ0) is 29.4. The summed E-state index contributed by atoms with van der Waals surface area (Å²) in [6, 6.07) is 15.3. The fraction of sp³-hybridized carbons (Fsp3) is 0.344. The Hall–Kier alpha value is -3.69. The van der Waals surface area contributed by atoms with Crippen LogP contribution in [0.25, 0.3) is 0 Å². The molecule has 3 aromatic rings. The second kappa shape index (κ2) is 13.8. The molecule has 41 heavy (non-hydrogen) atoms. The number of benzene rings is 2. The number of methoxy groups -OCH3 is 1. The van der Waals surface area contributed by atoms with Gasteiger partial charge in [0.15, 0.2) is 0 Å². The number of halogens is 1. The Labute approximate surface area is 250 Å². The molecule has 0 aliphatic carbocycles. The van der Waals surface area contributed by atoms with E-state index in [4.69, 9.17) is 9.72 Å². The van der Waals surface area contributed by atoms with Crippen molar-refractivity contribution >= 4 is 39.3 Å². The van der Waals surface area contributed by atoms with Crippen molar-refractivity contribution in [2.75, 3.05) is 41.9 Å². The maximum atomic E-state index is 13.6. The summed E-state index contributed by atoms with van der Waals surface area (Å²) in [7, 11) is 1.65. The van der Waals surface area contributed by atoms with Crippen molar-refractivity contribution in [3.05, 3.63) is 95.1 Å². The molecule has 0 saturated carbocycles. The Bertz CT molecular complexity index is 1370. The Balaban J connectivity index is 1.56. The lowest BCUT2D eigenvalue weighted by Gasteiger charge is -2.39. The van der Waals surface area contributed by atoms with Crippen LogP contribution in [0, 0.1) is 6.92 Å². The van der Waals surface area contributed by atoms with E-state index in [0.29, 0.717) is 62.8 Å². The van der Waals surface area contributed by atoms with Crippen LogP contribution in [0.3, 0.4) is 0 Å². The first-order valence-electron chi connectivity index (χ1n) is 13.8. The maximum Gasteiger partial charge on any atom is 0.258 e. The lowest BCUT2D eigenvalue weighted by molar-refractivity contribution is 0.0192. The van der Waals surface area contributed by atoms with Gasteiger partial charge in [0.2, 0.25) is 5.95 Å². The fourth-order valence-electron chi connectivity index (χ4n) is 4.99. The van der Waals surface area contributed by atoms with E-state index in [-0.39, 0.29) is 5.91 Å². The van der Waals surface area contributed by atoms with Gasteiger partial charge in [0, 0.05) is 42.4 Å². The van der Waals surface area contributed by atoms with Gasteiger partial charge in [-0.2, -0.15) is 4.98 Å². The van der Waals surface area contributed by atoms with E-state index >= 15 is 0 Å². The molecule has 0 spiro atoms. The summed E-state index contributed by atoms with van der Waals surface area (Å²) in [6.07, 6.45) is 6.17. The van der Waals surface area contributed by atoms with Gasteiger partial charge in [-0.3, -0.25) is 4.79 Å². The maximum absolute atomic E-state index is 13.6. The van der Waals surface area contributed by atoms with E-state index in [1.54, 1.807) is 19.3 Å². The minimum Gasteiger partial charge on any atom is -0.497 e. The highest BCUT2D eigenvalue weighted by molar-refractivity contribution is 9.10. The van der Waals surface area contributed by atoms with Gasteiger partial charge in [-0.05, 0) is 68.5 Å². The van der Waals surface area contributed by atoms with Crippen molar-refractivity contribution in [2.45, 2.75) is 44.8 Å². The van der Waals surface area contributed by atoms with Crippen molar-refractivity contribution in [2.24, 2.45) is 0 Å². The van der Waals surface area contributed by atoms with E-state index in [1.165, 1.54) is 0 Å². The summed E-state index contributed by atoms with van der Waals surface area (Å²) in [5, 5.41) is 13.8. The zero-order valence-corrected chi connectivity index (χ0v) is 25.4. The minimum absolute atomic E-state index is 0.253. The number of nitrogens with zero attached hydrogens (tertiary/aromatic N) is 4. The van der Waals surface area contributed by atoms with Crippen LogP contribution in [0.2, 0.25) is 0 Å². The Morgan fingerprint density at radius 2 is 1.88 bits per heavy atom. The highest BCUT2D eigenvalue weighted by Gasteiger charge is 2.32. The topological polar surface area (TPSA) is 90.8 Å². The van der Waals surface area contributed by atoms with Gasteiger partial charge in [-0.15, -0.1) is 13.2 Å². The molecule has 1 aliphatic rings. The van der Waals surface area contributed by atoms with Gasteiger partial charge in [-0.1, -0.05) is 40.2 Å². The van der Waals surface area contributed by atoms with Gasteiger partial charge in [0.25, 0.3) is 5.91 Å². The van der Waals surface area contributed by atoms with Crippen LogP contribution in [0.15, 0.2) is 78.3 Å². The van der Waals surface area contributed by atoms with Gasteiger partial charge >= 0.3 is 0 Å². The van der Waals surface area contributed by atoms with E-state index in [1.807, 2.05) is 55.5 Å². The predicted octanol–water partition coefficient (Wildman–Crippen LogP) is 6.30. The molecule has 4 rings (SSSR count). The van der Waals surface area contributed by atoms with Crippen molar-refractivity contribution in [1.82, 2.24) is 9.97 Å². The molecule has 1 aromatic heterocycles. The molecule has 0 unspecified atom stereocenters. The SMILES string of the molecule is C=CCCN(Cc1ccc(OC)cc1)c1nc(C)cc(NC(=O)c2ccc(Br)cc2N2CCC(O)(CC=C)CC2)n1. The molecule has 1 fully saturated rings. The number of aliphatic hydroxyl groups is 1. The number of carbonyl (C=O) groups is 1. The van der Waals surface area contributed by atoms with Gasteiger partial charge < -0.3 is 25.0 Å². The quantitative estimate of drug-likeness (QED) is 0.230. The van der Waals surface area contributed by atoms with Crippen molar-refractivity contribution in [1.29, 1.82) is 0 Å². The highest BCUT2D eigenvalue weighted by atomic mass is 79.9. The average Bonchev–Trinajstić information content (AvgIpc) is 2.95. The number of carbonyl (C=O) groups excluding carboxylic acids is 1. The molecule has 0 bridgehead atoms. The molecule has 1 aliphatic heterocycles. The number of amides is 1. The first-order chi connectivity index (χ1) is 19.7. The monoisotopic (exact) mass is 619 g/mol. The molecule has 8 nitrogen and oxygen atoms in total. The number of aryl methyl sites for hydroxylation is 1. The summed E-state index contributed by atoms with van der Waals surface area (Å²) in [4.78, 5) is 27.3. The fourth-order valence-corrected chi connectivity index (χ4v) is 5.33. The lowest BCUT2D eigenvalue weighted by atomic mass is 9.88. The molecule has 2 N–H and O–H groups in total. The van der Waals surface area contributed by atoms with Crippen LogP contribution >= 0.6 is 15.9 Å². The molecule has 2 aromatic carbocycles. The Morgan fingerprint density at radius 3 is 2.54 bits per heavy atom. The molecule has 0 atom stereocenters. The largest absolute Gasteiger partial charge is 0.497 e. The molecule has 0 radical (unpaired) electrons. The second-order valence-electron chi connectivity index (χ2n) is 10.4. The number of anilines is 3. The number of rotatable bonds is 12. The summed E-state index contributed by atoms with van der Waals surface area (Å²) in [5.41, 5.74) is 2.45. The predicted molar refractivity (Wildman–Crippen MR) is 169 cm³/mol. The summed E-state index contributed by atoms with van der Waals surface area (Å²) in [6.45, 7) is 12.1. The minimum atomic E-state index is -0.745. The number of aromatic nitrogens is 2.